The lowest BCUT2D eigenvalue weighted by molar-refractivity contribution is -0.122. The molecule has 5 nitrogen and oxygen atoms in total. The zero-order valence-electron chi connectivity index (χ0n) is 11.0. The fourth-order valence-electron chi connectivity index (χ4n) is 1.23. The van der Waals surface area contributed by atoms with Crippen LogP contribution in [0.3, 0.4) is 0 Å². The van der Waals surface area contributed by atoms with E-state index in [2.05, 4.69) is 0 Å². The van der Waals surface area contributed by atoms with Crippen LogP contribution in [0.25, 0.3) is 0 Å². The van der Waals surface area contributed by atoms with E-state index in [1.807, 2.05) is 5.32 Å². The zero-order chi connectivity index (χ0) is 14.4. The monoisotopic (exact) mass is 322 g/mol. The van der Waals surface area contributed by atoms with Gasteiger partial charge >= 0.3 is 0 Å². The summed E-state index contributed by atoms with van der Waals surface area (Å²) in [5.74, 6) is -4.24. The second-order valence-corrected chi connectivity index (χ2v) is 6.82. The van der Waals surface area contributed by atoms with Gasteiger partial charge in [0.15, 0.2) is 9.84 Å². The first-order chi connectivity index (χ1) is 8.08. The molecule has 0 atom stereocenters. The van der Waals surface area contributed by atoms with Crippen LogP contribution in [0.1, 0.15) is 20.3 Å². The number of hydrogen-bond donors (Lipinski definition) is 2. The average Bonchev–Trinajstić information content (AvgIpc) is 2.22. The molecule has 0 saturated carbocycles. The molecular formula is C10H21ClF2N2O3S. The van der Waals surface area contributed by atoms with Crippen LogP contribution < -0.4 is 11.1 Å². The van der Waals surface area contributed by atoms with Crippen molar-refractivity contribution in [2.45, 2.75) is 26.2 Å². The molecule has 0 fully saturated rings. The van der Waals surface area contributed by atoms with Crippen LogP contribution in [0.5, 0.6) is 0 Å². The molecule has 3 N–H and O–H groups in total. The van der Waals surface area contributed by atoms with E-state index >= 15 is 0 Å². The van der Waals surface area contributed by atoms with E-state index in [1.54, 1.807) is 13.8 Å². The number of halogens is 3. The molecule has 0 aliphatic heterocycles. The Labute approximate surface area is 118 Å². The Bertz CT molecular complexity index is 375. The lowest BCUT2D eigenvalue weighted by atomic mass is 10.3. The maximum absolute atomic E-state index is 12.7. The number of nitrogens with two attached hydrogens (primary N) is 1. The molecule has 9 heteroatoms. The van der Waals surface area contributed by atoms with E-state index in [0.29, 0.717) is 0 Å². The third kappa shape index (κ3) is 11.1. The van der Waals surface area contributed by atoms with Crippen molar-refractivity contribution in [3.05, 3.63) is 0 Å². The molecule has 0 rings (SSSR count). The summed E-state index contributed by atoms with van der Waals surface area (Å²) in [5, 5.41) is 1.97. The fourth-order valence-corrected chi connectivity index (χ4v) is 2.91. The molecular weight excluding hydrogens is 302 g/mol. The van der Waals surface area contributed by atoms with E-state index < -0.39 is 34.8 Å². The van der Waals surface area contributed by atoms with Gasteiger partial charge in [-0.15, -0.1) is 12.4 Å². The van der Waals surface area contributed by atoms with Gasteiger partial charge in [0.2, 0.25) is 5.91 Å². The molecule has 0 spiro atoms. The lowest BCUT2D eigenvalue weighted by Crippen LogP contribution is -2.41. The summed E-state index contributed by atoms with van der Waals surface area (Å²) in [5.41, 5.74) is 4.79. The quantitative estimate of drug-likeness (QED) is 0.684. The molecule has 19 heavy (non-hydrogen) atoms. The zero-order valence-corrected chi connectivity index (χ0v) is 12.6. The van der Waals surface area contributed by atoms with Crippen molar-refractivity contribution in [1.29, 1.82) is 0 Å². The van der Waals surface area contributed by atoms with Crippen LogP contribution in [-0.2, 0) is 14.6 Å². The van der Waals surface area contributed by atoms with Crippen LogP contribution in [0.2, 0.25) is 0 Å². The van der Waals surface area contributed by atoms with Gasteiger partial charge in [-0.25, -0.2) is 17.2 Å². The van der Waals surface area contributed by atoms with E-state index in [4.69, 9.17) is 5.73 Å². The van der Waals surface area contributed by atoms with E-state index in [1.165, 1.54) is 0 Å². The predicted octanol–water partition coefficient (Wildman–Crippen LogP) is 0.579. The topological polar surface area (TPSA) is 89.3 Å². The maximum atomic E-state index is 12.7. The van der Waals surface area contributed by atoms with Gasteiger partial charge in [-0.3, -0.25) is 4.79 Å². The highest BCUT2D eigenvalue weighted by Crippen LogP contribution is 2.09. The molecule has 0 aromatic carbocycles. The molecule has 0 aliphatic carbocycles. The minimum atomic E-state index is -3.31. The molecule has 0 radical (unpaired) electrons. The molecule has 0 aromatic rings. The number of hydrogen-bond acceptors (Lipinski definition) is 4. The lowest BCUT2D eigenvalue weighted by Gasteiger charge is -2.14. The molecule has 0 saturated heterocycles. The molecule has 0 aromatic heterocycles. The number of rotatable bonds is 8. The first-order valence-electron chi connectivity index (χ1n) is 5.63. The van der Waals surface area contributed by atoms with Gasteiger partial charge in [0.1, 0.15) is 0 Å². The number of alkyl halides is 2. The summed E-state index contributed by atoms with van der Waals surface area (Å²) in [6, 6.07) is 0. The average molecular weight is 323 g/mol. The Kier molecular flexibility index (Phi) is 9.49. The smallest absolute Gasteiger partial charge is 0.277 e. The third-order valence-electron chi connectivity index (χ3n) is 2.07. The summed E-state index contributed by atoms with van der Waals surface area (Å²) in [4.78, 5) is 11.2. The number of nitrogens with one attached hydrogen (secondary N) is 1. The normalized spacial score (nSPS) is 12.1. The molecule has 0 unspecified atom stereocenters. The van der Waals surface area contributed by atoms with Gasteiger partial charge < -0.3 is 11.1 Å². The highest BCUT2D eigenvalue weighted by atomic mass is 35.5. The standard InChI is InChI=1S/C10H20F2N2O3S.ClH/c1-8(2)5-18(16,17)4-3-9(15)14-7-10(11,12)6-13;/h8H,3-7,13H2,1-2H3,(H,14,15);1H. The molecule has 116 valence electrons. The third-order valence-corrected chi connectivity index (χ3v) is 4.07. The fraction of sp³-hybridized carbons (Fsp3) is 0.900. The van der Waals surface area contributed by atoms with Crippen molar-refractivity contribution < 1.29 is 22.0 Å². The van der Waals surface area contributed by atoms with Crippen molar-refractivity contribution in [2.24, 2.45) is 11.7 Å². The Hall–Kier alpha value is -0.470. The van der Waals surface area contributed by atoms with Gasteiger partial charge in [-0.1, -0.05) is 13.8 Å². The number of carbonyl (C=O) groups excluding carboxylic acids is 1. The van der Waals surface area contributed by atoms with Crippen molar-refractivity contribution in [2.75, 3.05) is 24.6 Å². The van der Waals surface area contributed by atoms with Gasteiger partial charge in [-0.2, -0.15) is 0 Å². The van der Waals surface area contributed by atoms with Crippen LogP contribution >= 0.6 is 12.4 Å². The molecule has 1 amide bonds. The van der Waals surface area contributed by atoms with Crippen molar-refractivity contribution in [1.82, 2.24) is 5.32 Å². The molecule has 0 aliphatic rings. The summed E-state index contributed by atoms with van der Waals surface area (Å²) in [6.45, 7) is 1.77. The van der Waals surface area contributed by atoms with Gasteiger partial charge in [0, 0.05) is 6.42 Å². The largest absolute Gasteiger partial charge is 0.350 e. The first kappa shape index (κ1) is 20.8. The van der Waals surface area contributed by atoms with Gasteiger partial charge in [0.05, 0.1) is 24.6 Å². The number of sulfone groups is 1. The maximum Gasteiger partial charge on any atom is 0.277 e. The Morgan fingerprint density at radius 1 is 1.37 bits per heavy atom. The highest BCUT2D eigenvalue weighted by Gasteiger charge is 2.27. The molecule has 0 bridgehead atoms. The van der Waals surface area contributed by atoms with Crippen LogP contribution in [-0.4, -0.2) is 44.8 Å². The van der Waals surface area contributed by atoms with Crippen molar-refractivity contribution in [3.8, 4) is 0 Å². The predicted molar refractivity (Wildman–Crippen MR) is 72.4 cm³/mol. The highest BCUT2D eigenvalue weighted by molar-refractivity contribution is 7.91. The number of carbonyl (C=O) groups is 1. The first-order valence-corrected chi connectivity index (χ1v) is 7.45. The number of amides is 1. The van der Waals surface area contributed by atoms with Crippen LogP contribution in [0.15, 0.2) is 0 Å². The summed E-state index contributed by atoms with van der Waals surface area (Å²) in [6.07, 6.45) is -0.310. The summed E-state index contributed by atoms with van der Waals surface area (Å²) in [7, 11) is -3.31. The van der Waals surface area contributed by atoms with Gasteiger partial charge in [0.25, 0.3) is 5.92 Å². The van der Waals surface area contributed by atoms with Crippen molar-refractivity contribution in [3.63, 3.8) is 0 Å². The van der Waals surface area contributed by atoms with Crippen molar-refractivity contribution >= 4 is 28.2 Å². The van der Waals surface area contributed by atoms with Gasteiger partial charge in [-0.05, 0) is 5.92 Å². The Morgan fingerprint density at radius 2 is 1.89 bits per heavy atom. The van der Waals surface area contributed by atoms with Crippen LogP contribution in [0.4, 0.5) is 8.78 Å². The Balaban J connectivity index is 0. The Morgan fingerprint density at radius 3 is 2.32 bits per heavy atom. The van der Waals surface area contributed by atoms with E-state index in [0.717, 1.165) is 0 Å². The second kappa shape index (κ2) is 8.65. The summed E-state index contributed by atoms with van der Waals surface area (Å²) < 4.78 is 48.3. The minimum absolute atomic E-state index is 0. The summed E-state index contributed by atoms with van der Waals surface area (Å²) >= 11 is 0. The van der Waals surface area contributed by atoms with Crippen LogP contribution in [0, 0.1) is 5.92 Å². The SMILES string of the molecule is CC(C)CS(=O)(=O)CCC(=O)NCC(F)(F)CN.Cl. The van der Waals surface area contributed by atoms with E-state index in [-0.39, 0.29) is 36.3 Å². The minimum Gasteiger partial charge on any atom is -0.350 e. The second-order valence-electron chi connectivity index (χ2n) is 4.60. The van der Waals surface area contributed by atoms with E-state index in [9.17, 15) is 22.0 Å². The molecule has 0 heterocycles.